The van der Waals surface area contributed by atoms with E-state index < -0.39 is 0 Å². The molecule has 0 saturated heterocycles. The van der Waals surface area contributed by atoms with Crippen molar-refractivity contribution in [3.05, 3.63) is 53.6 Å². The smallest absolute Gasteiger partial charge is 0.166 e. The Bertz CT molecular complexity index is 512. The van der Waals surface area contributed by atoms with Gasteiger partial charge in [-0.15, -0.1) is 0 Å². The summed E-state index contributed by atoms with van der Waals surface area (Å²) in [6.45, 7) is 2.18. The van der Waals surface area contributed by atoms with Crippen LogP contribution >= 0.6 is 0 Å². The van der Waals surface area contributed by atoms with Gasteiger partial charge in [-0.25, -0.2) is 9.97 Å². The van der Waals surface area contributed by atoms with Crippen molar-refractivity contribution in [2.24, 2.45) is 0 Å². The summed E-state index contributed by atoms with van der Waals surface area (Å²) in [7, 11) is 0. The molecule has 0 spiro atoms. The van der Waals surface area contributed by atoms with Gasteiger partial charge in [-0.1, -0.05) is 11.6 Å². The van der Waals surface area contributed by atoms with Crippen LogP contribution in [0.25, 0.3) is 0 Å². The fourth-order valence-electron chi connectivity index (χ4n) is 1.44. The topological polar surface area (TPSA) is 52.1 Å². The molecule has 1 heterocycles. The highest BCUT2D eigenvalue weighted by molar-refractivity contribution is 5.79. The maximum Gasteiger partial charge on any atom is 0.166 e. The normalized spacial score (nSPS) is 9.94. The molecule has 2 aromatic rings. The van der Waals surface area contributed by atoms with E-state index in [2.05, 4.69) is 9.97 Å². The van der Waals surface area contributed by atoms with Crippen LogP contribution in [0, 0.1) is 6.92 Å². The largest absolute Gasteiger partial charge is 0.485 e. The number of hydrogen-bond acceptors (Lipinski definition) is 4. The number of carbonyl (C=O) groups is 1. The Morgan fingerprint density at radius 3 is 2.76 bits per heavy atom. The van der Waals surface area contributed by atoms with Crippen LogP contribution in [0.3, 0.4) is 0 Å². The van der Waals surface area contributed by atoms with Crippen LogP contribution in [-0.2, 0) is 6.61 Å². The van der Waals surface area contributed by atoms with Crippen LogP contribution in [0.15, 0.2) is 36.7 Å². The van der Waals surface area contributed by atoms with E-state index in [-0.39, 0.29) is 6.61 Å². The standard InChI is InChI=1S/C13H12N2O2/c1-10-3-4-12(11(7-10)8-16)17-9-13-14-5-2-6-15-13/h2-8H,9H2,1H3. The van der Waals surface area contributed by atoms with Crippen LogP contribution in [-0.4, -0.2) is 16.3 Å². The van der Waals surface area contributed by atoms with E-state index in [0.717, 1.165) is 11.8 Å². The highest BCUT2D eigenvalue weighted by Gasteiger charge is 2.04. The minimum absolute atomic E-state index is 0.255. The molecule has 0 radical (unpaired) electrons. The third-order valence-corrected chi connectivity index (χ3v) is 2.27. The quantitative estimate of drug-likeness (QED) is 0.752. The third kappa shape index (κ3) is 2.87. The molecular formula is C13H12N2O2. The van der Waals surface area contributed by atoms with E-state index >= 15 is 0 Å². The van der Waals surface area contributed by atoms with Crippen molar-refractivity contribution in [1.82, 2.24) is 9.97 Å². The second kappa shape index (κ2) is 5.21. The lowest BCUT2D eigenvalue weighted by Gasteiger charge is -2.07. The number of aromatic nitrogens is 2. The minimum Gasteiger partial charge on any atom is -0.485 e. The van der Waals surface area contributed by atoms with Gasteiger partial charge in [0, 0.05) is 12.4 Å². The van der Waals surface area contributed by atoms with E-state index in [4.69, 9.17) is 4.74 Å². The van der Waals surface area contributed by atoms with Gasteiger partial charge in [-0.05, 0) is 25.1 Å². The zero-order valence-corrected chi connectivity index (χ0v) is 9.46. The van der Waals surface area contributed by atoms with E-state index in [1.807, 2.05) is 13.0 Å². The molecule has 1 aromatic heterocycles. The predicted octanol–water partition coefficient (Wildman–Crippen LogP) is 2.18. The second-order valence-corrected chi connectivity index (χ2v) is 3.61. The van der Waals surface area contributed by atoms with Gasteiger partial charge in [0.2, 0.25) is 0 Å². The predicted molar refractivity (Wildman–Crippen MR) is 62.9 cm³/mol. The average Bonchev–Trinajstić information content (AvgIpc) is 2.38. The summed E-state index contributed by atoms with van der Waals surface area (Å²) in [5, 5.41) is 0. The number of ether oxygens (including phenoxy) is 1. The van der Waals surface area contributed by atoms with E-state index in [1.165, 1.54) is 0 Å². The molecule has 0 unspecified atom stereocenters. The summed E-state index contributed by atoms with van der Waals surface area (Å²) in [4.78, 5) is 19.0. The summed E-state index contributed by atoms with van der Waals surface area (Å²) in [5.74, 6) is 1.14. The van der Waals surface area contributed by atoms with Gasteiger partial charge >= 0.3 is 0 Å². The Morgan fingerprint density at radius 2 is 2.06 bits per heavy atom. The maximum atomic E-state index is 10.9. The summed E-state index contributed by atoms with van der Waals surface area (Å²) >= 11 is 0. The lowest BCUT2D eigenvalue weighted by Crippen LogP contribution is -2.02. The Morgan fingerprint density at radius 1 is 1.29 bits per heavy atom. The maximum absolute atomic E-state index is 10.9. The molecule has 0 aliphatic rings. The van der Waals surface area contributed by atoms with Crippen molar-refractivity contribution in [3.8, 4) is 5.75 Å². The molecular weight excluding hydrogens is 216 g/mol. The zero-order chi connectivity index (χ0) is 12.1. The number of rotatable bonds is 4. The van der Waals surface area contributed by atoms with Gasteiger partial charge in [0.1, 0.15) is 12.4 Å². The van der Waals surface area contributed by atoms with Crippen LogP contribution in [0.4, 0.5) is 0 Å². The first-order valence-electron chi connectivity index (χ1n) is 5.24. The minimum atomic E-state index is 0.255. The van der Waals surface area contributed by atoms with Crippen LogP contribution in [0.2, 0.25) is 0 Å². The summed E-state index contributed by atoms with van der Waals surface area (Å²) in [6.07, 6.45) is 4.09. The molecule has 17 heavy (non-hydrogen) atoms. The molecule has 4 heteroatoms. The van der Waals surface area contributed by atoms with Crippen LogP contribution in [0.1, 0.15) is 21.7 Å². The van der Waals surface area contributed by atoms with E-state index in [0.29, 0.717) is 17.1 Å². The van der Waals surface area contributed by atoms with Gasteiger partial charge < -0.3 is 4.74 Å². The van der Waals surface area contributed by atoms with Gasteiger partial charge in [-0.3, -0.25) is 4.79 Å². The van der Waals surface area contributed by atoms with Crippen molar-refractivity contribution in [1.29, 1.82) is 0 Å². The van der Waals surface area contributed by atoms with Gasteiger partial charge in [-0.2, -0.15) is 0 Å². The molecule has 0 atom stereocenters. The number of aryl methyl sites for hydroxylation is 1. The zero-order valence-electron chi connectivity index (χ0n) is 9.46. The molecule has 0 fully saturated rings. The molecule has 0 aliphatic heterocycles. The summed E-state index contributed by atoms with van der Waals surface area (Å²) in [6, 6.07) is 7.20. The number of carbonyl (C=O) groups excluding carboxylic acids is 1. The Kier molecular flexibility index (Phi) is 3.45. The molecule has 0 aliphatic carbocycles. The Hall–Kier alpha value is -2.23. The number of nitrogens with zero attached hydrogens (tertiary/aromatic N) is 2. The van der Waals surface area contributed by atoms with Crippen LogP contribution < -0.4 is 4.74 Å². The van der Waals surface area contributed by atoms with E-state index in [1.54, 1.807) is 30.6 Å². The van der Waals surface area contributed by atoms with Crippen LogP contribution in [0.5, 0.6) is 5.75 Å². The van der Waals surface area contributed by atoms with E-state index in [9.17, 15) is 4.79 Å². The number of hydrogen-bond donors (Lipinski definition) is 0. The molecule has 0 N–H and O–H groups in total. The van der Waals surface area contributed by atoms with Crippen molar-refractivity contribution in [2.45, 2.75) is 13.5 Å². The molecule has 0 amide bonds. The van der Waals surface area contributed by atoms with Gasteiger partial charge in [0.25, 0.3) is 0 Å². The Labute approximate surface area is 99.3 Å². The summed E-state index contributed by atoms with van der Waals surface area (Å²) < 4.78 is 5.51. The number of benzene rings is 1. The third-order valence-electron chi connectivity index (χ3n) is 2.27. The molecule has 0 saturated carbocycles. The highest BCUT2D eigenvalue weighted by Crippen LogP contribution is 2.18. The molecule has 4 nitrogen and oxygen atoms in total. The second-order valence-electron chi connectivity index (χ2n) is 3.61. The lowest BCUT2D eigenvalue weighted by molar-refractivity contribution is 0.111. The monoisotopic (exact) mass is 228 g/mol. The first-order valence-corrected chi connectivity index (χ1v) is 5.24. The molecule has 86 valence electrons. The SMILES string of the molecule is Cc1ccc(OCc2ncccn2)c(C=O)c1. The lowest BCUT2D eigenvalue weighted by atomic mass is 10.1. The van der Waals surface area contributed by atoms with Crippen molar-refractivity contribution in [3.63, 3.8) is 0 Å². The fourth-order valence-corrected chi connectivity index (χ4v) is 1.44. The summed E-state index contributed by atoms with van der Waals surface area (Å²) in [5.41, 5.74) is 1.57. The van der Waals surface area contributed by atoms with Gasteiger partial charge in [0.05, 0.1) is 5.56 Å². The fraction of sp³-hybridized carbons (Fsp3) is 0.154. The van der Waals surface area contributed by atoms with Crippen molar-refractivity contribution < 1.29 is 9.53 Å². The average molecular weight is 228 g/mol. The Balaban J connectivity index is 2.11. The first kappa shape index (κ1) is 11.3. The van der Waals surface area contributed by atoms with Crippen molar-refractivity contribution in [2.75, 3.05) is 0 Å². The highest BCUT2D eigenvalue weighted by atomic mass is 16.5. The number of aldehydes is 1. The molecule has 2 rings (SSSR count). The molecule has 0 bridgehead atoms. The molecule has 1 aromatic carbocycles. The van der Waals surface area contributed by atoms with Crippen molar-refractivity contribution >= 4 is 6.29 Å². The van der Waals surface area contributed by atoms with Gasteiger partial charge in [0.15, 0.2) is 12.1 Å². The first-order chi connectivity index (χ1) is 8.29.